The number of benzene rings is 1. The molecule has 8 nitrogen and oxygen atoms in total. The summed E-state index contributed by atoms with van der Waals surface area (Å²) in [6, 6.07) is 5.42. The first-order valence-corrected chi connectivity index (χ1v) is 6.43. The topological polar surface area (TPSA) is 132 Å². The summed E-state index contributed by atoms with van der Waals surface area (Å²) in [6.45, 7) is 0.637. The van der Waals surface area contributed by atoms with Crippen LogP contribution in [0.2, 0.25) is 0 Å². The van der Waals surface area contributed by atoms with Crippen molar-refractivity contribution in [2.75, 3.05) is 18.6 Å². The van der Waals surface area contributed by atoms with Gasteiger partial charge >= 0.3 is 6.09 Å². The van der Waals surface area contributed by atoms with E-state index in [9.17, 15) is 4.79 Å². The predicted octanol–water partition coefficient (Wildman–Crippen LogP) is 0.425. The van der Waals surface area contributed by atoms with Crippen LogP contribution in [0.4, 0.5) is 16.2 Å². The fourth-order valence-electron chi connectivity index (χ4n) is 2.24. The van der Waals surface area contributed by atoms with Gasteiger partial charge in [0.25, 0.3) is 0 Å². The van der Waals surface area contributed by atoms with Gasteiger partial charge in [-0.05, 0) is 36.6 Å². The number of amides is 1. The van der Waals surface area contributed by atoms with Crippen LogP contribution in [0.5, 0.6) is 0 Å². The maximum absolute atomic E-state index is 11.7. The van der Waals surface area contributed by atoms with Crippen molar-refractivity contribution in [1.82, 2.24) is 0 Å². The first-order valence-electron chi connectivity index (χ1n) is 6.43. The first-order chi connectivity index (χ1) is 10.0. The molecule has 0 radical (unpaired) electrons. The number of aryl methyl sites for hydroxylation is 1. The minimum atomic E-state index is -0.368. The van der Waals surface area contributed by atoms with Gasteiger partial charge in [0.2, 0.25) is 5.96 Å². The number of fused-ring (bicyclic) bond motifs is 1. The molecule has 2 rings (SSSR count). The van der Waals surface area contributed by atoms with E-state index in [2.05, 4.69) is 9.98 Å². The molecule has 0 spiro atoms. The van der Waals surface area contributed by atoms with Crippen molar-refractivity contribution in [3.05, 3.63) is 23.8 Å². The van der Waals surface area contributed by atoms with Gasteiger partial charge in [0.1, 0.15) is 0 Å². The second kappa shape index (κ2) is 6.12. The Morgan fingerprint density at radius 2 is 2.10 bits per heavy atom. The van der Waals surface area contributed by atoms with Crippen molar-refractivity contribution < 1.29 is 9.53 Å². The Morgan fingerprint density at radius 3 is 2.76 bits per heavy atom. The van der Waals surface area contributed by atoms with E-state index in [1.807, 2.05) is 12.1 Å². The van der Waals surface area contributed by atoms with Crippen LogP contribution in [0.15, 0.2) is 28.2 Å². The number of ether oxygens (including phenoxy) is 1. The summed E-state index contributed by atoms with van der Waals surface area (Å²) in [5.74, 6) is -0.165. The fourth-order valence-corrected chi connectivity index (χ4v) is 2.24. The van der Waals surface area contributed by atoms with Gasteiger partial charge in [0.15, 0.2) is 5.96 Å². The van der Waals surface area contributed by atoms with Gasteiger partial charge in [-0.15, -0.1) is 0 Å². The fraction of sp³-hybridized carbons (Fsp3) is 0.308. The SMILES string of the molecule is COC(=O)N1CCCc2cc(N=C(N)N=C(N)N)ccc21. The molecule has 1 amide bonds. The zero-order valence-electron chi connectivity index (χ0n) is 11.7. The Bertz CT molecular complexity index is 607. The molecule has 0 atom stereocenters. The van der Waals surface area contributed by atoms with Crippen molar-refractivity contribution in [3.63, 3.8) is 0 Å². The van der Waals surface area contributed by atoms with E-state index in [0.717, 1.165) is 24.1 Å². The van der Waals surface area contributed by atoms with Crippen LogP contribution in [0.1, 0.15) is 12.0 Å². The maximum atomic E-state index is 11.7. The van der Waals surface area contributed by atoms with Gasteiger partial charge in [-0.3, -0.25) is 4.90 Å². The molecule has 1 aromatic rings. The number of carbonyl (C=O) groups excluding carboxylic acids is 1. The van der Waals surface area contributed by atoms with Crippen molar-refractivity contribution >= 4 is 29.4 Å². The molecule has 8 heteroatoms. The second-order valence-electron chi connectivity index (χ2n) is 4.54. The van der Waals surface area contributed by atoms with Crippen LogP contribution in [0, 0.1) is 0 Å². The average Bonchev–Trinajstić information content (AvgIpc) is 2.44. The Morgan fingerprint density at radius 1 is 1.33 bits per heavy atom. The van der Waals surface area contributed by atoms with Gasteiger partial charge in [0.05, 0.1) is 18.5 Å². The molecule has 1 aromatic carbocycles. The quantitative estimate of drug-likeness (QED) is 0.509. The molecule has 112 valence electrons. The Kier molecular flexibility index (Phi) is 4.27. The van der Waals surface area contributed by atoms with E-state index in [1.165, 1.54) is 7.11 Å². The van der Waals surface area contributed by atoms with E-state index < -0.39 is 0 Å². The van der Waals surface area contributed by atoms with E-state index in [-0.39, 0.29) is 18.0 Å². The third-order valence-electron chi connectivity index (χ3n) is 3.06. The highest BCUT2D eigenvalue weighted by Gasteiger charge is 2.23. The molecule has 0 aliphatic carbocycles. The lowest BCUT2D eigenvalue weighted by molar-refractivity contribution is 0.178. The number of rotatable bonds is 1. The number of anilines is 1. The normalized spacial score (nSPS) is 14.3. The van der Waals surface area contributed by atoms with Crippen LogP contribution in [0.25, 0.3) is 0 Å². The highest BCUT2D eigenvalue weighted by molar-refractivity contribution is 5.94. The number of carbonyl (C=O) groups is 1. The Labute approximate surface area is 122 Å². The van der Waals surface area contributed by atoms with Gasteiger partial charge < -0.3 is 21.9 Å². The Balaban J connectivity index is 2.31. The number of hydrogen-bond acceptors (Lipinski definition) is 3. The lowest BCUT2D eigenvalue weighted by atomic mass is 10.0. The lowest BCUT2D eigenvalue weighted by Gasteiger charge is -2.28. The number of nitrogens with zero attached hydrogens (tertiary/aromatic N) is 3. The molecule has 0 bridgehead atoms. The van der Waals surface area contributed by atoms with E-state index >= 15 is 0 Å². The molecule has 0 aromatic heterocycles. The predicted molar refractivity (Wildman–Crippen MR) is 81.6 cm³/mol. The highest BCUT2D eigenvalue weighted by Crippen LogP contribution is 2.31. The molecule has 0 fully saturated rings. The summed E-state index contributed by atoms with van der Waals surface area (Å²) in [4.78, 5) is 21.1. The molecule has 0 saturated heterocycles. The summed E-state index contributed by atoms with van der Waals surface area (Å²) < 4.78 is 4.78. The monoisotopic (exact) mass is 290 g/mol. The first kappa shape index (κ1) is 14.6. The summed E-state index contributed by atoms with van der Waals surface area (Å²) >= 11 is 0. The molecule has 1 heterocycles. The number of hydrogen-bond donors (Lipinski definition) is 3. The third-order valence-corrected chi connectivity index (χ3v) is 3.06. The van der Waals surface area contributed by atoms with E-state index in [1.54, 1.807) is 11.0 Å². The summed E-state index contributed by atoms with van der Waals surface area (Å²) in [5.41, 5.74) is 18.5. The van der Waals surface area contributed by atoms with Crippen molar-refractivity contribution in [2.24, 2.45) is 27.2 Å². The van der Waals surface area contributed by atoms with Gasteiger partial charge in [-0.25, -0.2) is 9.79 Å². The van der Waals surface area contributed by atoms with Crippen LogP contribution in [-0.4, -0.2) is 31.7 Å². The third kappa shape index (κ3) is 3.41. The van der Waals surface area contributed by atoms with Crippen LogP contribution >= 0.6 is 0 Å². The molecule has 0 saturated carbocycles. The van der Waals surface area contributed by atoms with Crippen molar-refractivity contribution in [1.29, 1.82) is 0 Å². The van der Waals surface area contributed by atoms with Gasteiger partial charge in [0, 0.05) is 6.54 Å². The van der Waals surface area contributed by atoms with Crippen LogP contribution < -0.4 is 22.1 Å². The maximum Gasteiger partial charge on any atom is 0.414 e. The summed E-state index contributed by atoms with van der Waals surface area (Å²) in [7, 11) is 1.37. The number of methoxy groups -OCH3 is 1. The van der Waals surface area contributed by atoms with Crippen LogP contribution in [0.3, 0.4) is 0 Å². The minimum Gasteiger partial charge on any atom is -0.452 e. The molecular weight excluding hydrogens is 272 g/mol. The smallest absolute Gasteiger partial charge is 0.414 e. The molecule has 6 N–H and O–H groups in total. The molecule has 21 heavy (non-hydrogen) atoms. The lowest BCUT2D eigenvalue weighted by Crippen LogP contribution is -2.35. The van der Waals surface area contributed by atoms with Crippen molar-refractivity contribution in [2.45, 2.75) is 12.8 Å². The summed E-state index contributed by atoms with van der Waals surface area (Å²) in [5, 5.41) is 0. The number of guanidine groups is 2. The van der Waals surface area contributed by atoms with Crippen LogP contribution in [-0.2, 0) is 11.2 Å². The zero-order valence-corrected chi connectivity index (χ0v) is 11.7. The minimum absolute atomic E-state index is 0.0180. The standard InChI is InChI=1S/C13H18N6O2/c1-21-13(20)19-6-2-3-8-7-9(4-5-10(8)19)17-12(16)18-11(14)15/h4-5,7H,2-3,6H2,1H3,(H6,14,15,16,17,18). The summed E-state index contributed by atoms with van der Waals surface area (Å²) in [6.07, 6.45) is 1.35. The van der Waals surface area contributed by atoms with E-state index in [0.29, 0.717) is 12.2 Å². The van der Waals surface area contributed by atoms with Gasteiger partial charge in [-0.1, -0.05) is 0 Å². The number of nitrogens with two attached hydrogens (primary N) is 3. The molecule has 1 aliphatic heterocycles. The second-order valence-corrected chi connectivity index (χ2v) is 4.54. The van der Waals surface area contributed by atoms with Gasteiger partial charge in [-0.2, -0.15) is 4.99 Å². The Hall–Kier alpha value is -2.77. The highest BCUT2D eigenvalue weighted by atomic mass is 16.5. The molecular formula is C13H18N6O2. The number of aliphatic imine (C=N–C) groups is 2. The zero-order chi connectivity index (χ0) is 15.4. The van der Waals surface area contributed by atoms with E-state index in [4.69, 9.17) is 21.9 Å². The molecule has 1 aliphatic rings. The average molecular weight is 290 g/mol. The largest absolute Gasteiger partial charge is 0.452 e. The van der Waals surface area contributed by atoms with Crippen molar-refractivity contribution in [3.8, 4) is 0 Å². The molecule has 0 unspecified atom stereocenters.